The molecule has 0 heterocycles. The van der Waals surface area contributed by atoms with Gasteiger partial charge < -0.3 is 9.84 Å². The fourth-order valence-electron chi connectivity index (χ4n) is 1.35. The maximum absolute atomic E-state index is 11.2. The Labute approximate surface area is 98.2 Å². The summed E-state index contributed by atoms with van der Waals surface area (Å²) in [5.41, 5.74) is 0.486. The van der Waals surface area contributed by atoms with Crippen molar-refractivity contribution in [2.45, 2.75) is 13.3 Å². The smallest absolute Gasteiger partial charge is 0.310 e. The van der Waals surface area contributed by atoms with Gasteiger partial charge in [-0.3, -0.25) is 9.59 Å². The van der Waals surface area contributed by atoms with Crippen molar-refractivity contribution in [1.82, 2.24) is 0 Å². The number of benzene rings is 1. The highest BCUT2D eigenvalue weighted by molar-refractivity contribution is 5.81. The van der Waals surface area contributed by atoms with Crippen molar-refractivity contribution in [2.24, 2.45) is 0 Å². The highest BCUT2D eigenvalue weighted by atomic mass is 16.5. The minimum atomic E-state index is -0.495. The summed E-state index contributed by atoms with van der Waals surface area (Å²) in [6, 6.07) is 4.31. The normalized spacial score (nSPS) is 9.41. The third kappa shape index (κ3) is 3.05. The lowest BCUT2D eigenvalue weighted by atomic mass is 10.0. The van der Waals surface area contributed by atoms with E-state index in [0.29, 0.717) is 6.29 Å². The Morgan fingerprint density at radius 2 is 2.29 bits per heavy atom. The Kier molecular flexibility index (Phi) is 4.23. The molecular formula is C12H11NO4. The van der Waals surface area contributed by atoms with E-state index in [1.54, 1.807) is 6.92 Å². The zero-order valence-electron chi connectivity index (χ0n) is 9.27. The van der Waals surface area contributed by atoms with E-state index in [1.807, 2.05) is 6.07 Å². The third-order valence-electron chi connectivity index (χ3n) is 2.14. The molecular weight excluding hydrogens is 222 g/mol. The van der Waals surface area contributed by atoms with Gasteiger partial charge in [-0.1, -0.05) is 0 Å². The van der Waals surface area contributed by atoms with Crippen molar-refractivity contribution < 1.29 is 19.4 Å². The van der Waals surface area contributed by atoms with Crippen molar-refractivity contribution in [3.8, 4) is 11.8 Å². The number of nitrogens with zero attached hydrogens (tertiary/aromatic N) is 1. The molecule has 1 N–H and O–H groups in total. The number of carbonyl (C=O) groups excluding carboxylic acids is 2. The van der Waals surface area contributed by atoms with Crippen LogP contribution in [-0.4, -0.2) is 24.0 Å². The van der Waals surface area contributed by atoms with Gasteiger partial charge in [0.15, 0.2) is 6.29 Å². The number of ether oxygens (including phenoxy) is 1. The van der Waals surface area contributed by atoms with Crippen LogP contribution >= 0.6 is 0 Å². The molecule has 88 valence electrons. The van der Waals surface area contributed by atoms with Crippen LogP contribution in [0, 0.1) is 11.3 Å². The van der Waals surface area contributed by atoms with E-state index in [9.17, 15) is 14.7 Å². The quantitative estimate of drug-likeness (QED) is 0.623. The molecule has 0 saturated carbocycles. The molecule has 0 aliphatic carbocycles. The fourth-order valence-corrected chi connectivity index (χ4v) is 1.35. The zero-order chi connectivity index (χ0) is 12.8. The summed E-state index contributed by atoms with van der Waals surface area (Å²) in [6.07, 6.45) is 0.347. The monoisotopic (exact) mass is 233 g/mol. The average Bonchev–Trinajstić information content (AvgIpc) is 2.31. The Hall–Kier alpha value is -2.35. The zero-order valence-corrected chi connectivity index (χ0v) is 9.27. The van der Waals surface area contributed by atoms with Crippen molar-refractivity contribution in [3.63, 3.8) is 0 Å². The van der Waals surface area contributed by atoms with Crippen LogP contribution in [0.2, 0.25) is 0 Å². The van der Waals surface area contributed by atoms with Gasteiger partial charge in [-0.2, -0.15) is 5.26 Å². The highest BCUT2D eigenvalue weighted by Crippen LogP contribution is 2.22. The summed E-state index contributed by atoms with van der Waals surface area (Å²) in [5.74, 6) is -0.690. The van der Waals surface area contributed by atoms with Crippen molar-refractivity contribution in [2.75, 3.05) is 6.61 Å². The molecule has 0 aliphatic heterocycles. The molecule has 0 amide bonds. The van der Waals surface area contributed by atoms with Crippen LogP contribution in [0.3, 0.4) is 0 Å². The van der Waals surface area contributed by atoms with Gasteiger partial charge in [0.2, 0.25) is 0 Å². The Morgan fingerprint density at radius 1 is 1.59 bits per heavy atom. The van der Waals surface area contributed by atoms with E-state index in [0.717, 1.165) is 0 Å². The Bertz CT molecular complexity index is 488. The first kappa shape index (κ1) is 12.7. The third-order valence-corrected chi connectivity index (χ3v) is 2.14. The van der Waals surface area contributed by atoms with Gasteiger partial charge in [-0.15, -0.1) is 0 Å². The van der Waals surface area contributed by atoms with Gasteiger partial charge in [0.1, 0.15) is 5.75 Å². The molecule has 0 saturated heterocycles. The number of aromatic hydroxyl groups is 1. The predicted molar refractivity (Wildman–Crippen MR) is 58.5 cm³/mol. The number of phenolic OH excluding ortho intramolecular Hbond substituents is 1. The molecule has 0 aliphatic rings. The number of hydrogen-bond acceptors (Lipinski definition) is 5. The van der Waals surface area contributed by atoms with Crippen LogP contribution < -0.4 is 0 Å². The minimum absolute atomic E-state index is 0.0950. The average molecular weight is 233 g/mol. The van der Waals surface area contributed by atoms with Crippen LogP contribution in [0.4, 0.5) is 0 Å². The van der Waals surface area contributed by atoms with Crippen LogP contribution in [0.5, 0.6) is 5.75 Å². The summed E-state index contributed by atoms with van der Waals surface area (Å²) >= 11 is 0. The van der Waals surface area contributed by atoms with Gasteiger partial charge in [-0.05, 0) is 19.1 Å². The van der Waals surface area contributed by atoms with Crippen LogP contribution in [0.25, 0.3) is 0 Å². The van der Waals surface area contributed by atoms with Crippen molar-refractivity contribution in [3.05, 3.63) is 28.8 Å². The predicted octanol–water partition coefficient (Wildman–Crippen LogP) is 1.18. The molecule has 0 atom stereocenters. The van der Waals surface area contributed by atoms with Gasteiger partial charge in [0.05, 0.1) is 24.7 Å². The maximum atomic E-state index is 11.2. The van der Waals surface area contributed by atoms with E-state index in [1.165, 1.54) is 12.1 Å². The first-order valence-corrected chi connectivity index (χ1v) is 4.99. The largest absolute Gasteiger partial charge is 0.508 e. The summed E-state index contributed by atoms with van der Waals surface area (Å²) in [7, 11) is 0. The molecule has 1 aromatic carbocycles. The number of esters is 1. The molecule has 5 heteroatoms. The molecule has 0 aromatic heterocycles. The lowest BCUT2D eigenvalue weighted by Crippen LogP contribution is -2.08. The second kappa shape index (κ2) is 5.66. The molecule has 0 fully saturated rings. The van der Waals surface area contributed by atoms with E-state index in [-0.39, 0.29) is 35.5 Å². The van der Waals surface area contributed by atoms with Gasteiger partial charge >= 0.3 is 5.97 Å². The van der Waals surface area contributed by atoms with Gasteiger partial charge in [0.25, 0.3) is 0 Å². The number of rotatable bonds is 4. The number of nitriles is 1. The van der Waals surface area contributed by atoms with Crippen molar-refractivity contribution >= 4 is 12.3 Å². The lowest BCUT2D eigenvalue weighted by Gasteiger charge is -2.06. The summed E-state index contributed by atoms with van der Waals surface area (Å²) in [4.78, 5) is 21.9. The second-order valence-electron chi connectivity index (χ2n) is 3.28. The van der Waals surface area contributed by atoms with Crippen LogP contribution in [0.15, 0.2) is 12.1 Å². The Morgan fingerprint density at radius 3 is 2.82 bits per heavy atom. The first-order chi connectivity index (χ1) is 8.12. The number of carbonyl (C=O) groups is 2. The van der Waals surface area contributed by atoms with Crippen molar-refractivity contribution in [1.29, 1.82) is 5.26 Å². The van der Waals surface area contributed by atoms with Crippen LogP contribution in [0.1, 0.15) is 28.4 Å². The lowest BCUT2D eigenvalue weighted by molar-refractivity contribution is -0.142. The highest BCUT2D eigenvalue weighted by Gasteiger charge is 2.12. The van der Waals surface area contributed by atoms with Crippen LogP contribution in [-0.2, 0) is 16.0 Å². The number of aldehydes is 1. The van der Waals surface area contributed by atoms with E-state index in [4.69, 9.17) is 10.00 Å². The second-order valence-corrected chi connectivity index (χ2v) is 3.28. The summed E-state index contributed by atoms with van der Waals surface area (Å²) in [5, 5.41) is 18.4. The fraction of sp³-hybridized carbons (Fsp3) is 0.250. The van der Waals surface area contributed by atoms with Gasteiger partial charge in [-0.25, -0.2) is 0 Å². The summed E-state index contributed by atoms with van der Waals surface area (Å²) < 4.78 is 4.73. The molecule has 0 radical (unpaired) electrons. The standard InChI is InChI=1S/C12H11NO4/c1-2-17-12(16)5-8-3-9(6-13)10(7-14)4-11(8)15/h3-4,7,15H,2,5H2,1H3. The molecule has 5 nitrogen and oxygen atoms in total. The molecule has 17 heavy (non-hydrogen) atoms. The first-order valence-electron chi connectivity index (χ1n) is 4.99. The SMILES string of the molecule is CCOC(=O)Cc1cc(C#N)c(C=O)cc1O. The molecule has 1 rings (SSSR count). The number of phenols is 1. The molecule has 0 unspecified atom stereocenters. The molecule has 1 aromatic rings. The number of hydrogen-bond donors (Lipinski definition) is 1. The topological polar surface area (TPSA) is 87.4 Å². The van der Waals surface area contributed by atoms with E-state index in [2.05, 4.69) is 0 Å². The molecule has 0 spiro atoms. The minimum Gasteiger partial charge on any atom is -0.508 e. The van der Waals surface area contributed by atoms with E-state index >= 15 is 0 Å². The Balaban J connectivity index is 3.05. The molecule has 0 bridgehead atoms. The maximum Gasteiger partial charge on any atom is 0.310 e. The van der Waals surface area contributed by atoms with Gasteiger partial charge in [0, 0.05) is 11.1 Å². The summed E-state index contributed by atoms with van der Waals surface area (Å²) in [6.45, 7) is 1.92. The van der Waals surface area contributed by atoms with E-state index < -0.39 is 5.97 Å².